The Labute approximate surface area is 137 Å². The van der Waals surface area contributed by atoms with Crippen LogP contribution in [0.2, 0.25) is 0 Å². The number of rotatable bonds is 6. The normalized spacial score (nSPS) is 19.0. The Kier molecular flexibility index (Phi) is 5.16. The van der Waals surface area contributed by atoms with Crippen molar-refractivity contribution < 1.29 is 23.2 Å². The van der Waals surface area contributed by atoms with E-state index in [0.717, 1.165) is 12.8 Å². The summed E-state index contributed by atoms with van der Waals surface area (Å²) in [6, 6.07) is 2.76. The second-order valence-corrected chi connectivity index (χ2v) is 6.78. The number of halogens is 1. The summed E-state index contributed by atoms with van der Waals surface area (Å²) in [5.74, 6) is -0.173. The maximum absolute atomic E-state index is 14.1. The second kappa shape index (κ2) is 6.61. The molecule has 1 aliphatic heterocycles. The van der Waals surface area contributed by atoms with Crippen molar-refractivity contribution in [2.45, 2.75) is 58.7 Å². The highest BCUT2D eigenvalue weighted by Crippen LogP contribution is 2.37. The predicted octanol–water partition coefficient (Wildman–Crippen LogP) is 3.12. The highest BCUT2D eigenvalue weighted by atomic mass is 19.1. The molecule has 6 heteroatoms. The summed E-state index contributed by atoms with van der Waals surface area (Å²) in [7, 11) is -0.840. The fraction of sp³-hybridized carbons (Fsp3) is 0.588. The van der Waals surface area contributed by atoms with Gasteiger partial charge in [0.1, 0.15) is 11.6 Å². The Morgan fingerprint density at radius 3 is 2.35 bits per heavy atom. The van der Waals surface area contributed by atoms with Crippen molar-refractivity contribution in [3.8, 4) is 5.75 Å². The zero-order valence-electron chi connectivity index (χ0n) is 14.4. The summed E-state index contributed by atoms with van der Waals surface area (Å²) in [6.45, 7) is 10.2. The molecule has 1 aromatic rings. The molecular formula is C17H24BFO4. The van der Waals surface area contributed by atoms with Gasteiger partial charge in [-0.2, -0.15) is 0 Å². The van der Waals surface area contributed by atoms with Gasteiger partial charge in [-0.25, -0.2) is 4.39 Å². The molecular weight excluding hydrogens is 298 g/mol. The van der Waals surface area contributed by atoms with E-state index in [1.165, 1.54) is 12.1 Å². The molecule has 0 amide bonds. The molecule has 0 saturated carbocycles. The molecule has 0 bridgehead atoms. The number of carbonyl (C=O) groups is 1. The number of aldehydes is 1. The predicted molar refractivity (Wildman–Crippen MR) is 87.9 cm³/mol. The van der Waals surface area contributed by atoms with Crippen molar-refractivity contribution in [1.82, 2.24) is 0 Å². The standard InChI is InChI=1S/C17H24BFO4/c1-6-7-10-21-14-9-8-13(19)12(11-20)15(14)18-22-16(2,3)17(4,5)23-18/h8-9,11H,6-7,10H2,1-5H3. The van der Waals surface area contributed by atoms with E-state index in [1.807, 2.05) is 27.7 Å². The number of ether oxygens (including phenoxy) is 1. The molecule has 0 atom stereocenters. The Morgan fingerprint density at radius 1 is 1.22 bits per heavy atom. The third kappa shape index (κ3) is 3.43. The molecule has 1 saturated heterocycles. The Morgan fingerprint density at radius 2 is 1.83 bits per heavy atom. The number of benzene rings is 1. The largest absolute Gasteiger partial charge is 0.499 e. The average Bonchev–Trinajstić information content (AvgIpc) is 2.68. The number of unbranched alkanes of at least 4 members (excludes halogenated alkanes) is 1. The Balaban J connectivity index is 2.43. The van der Waals surface area contributed by atoms with Gasteiger partial charge >= 0.3 is 7.12 Å². The summed E-state index contributed by atoms with van der Waals surface area (Å²) in [5, 5.41) is 0. The van der Waals surface area contributed by atoms with Crippen molar-refractivity contribution in [2.75, 3.05) is 6.61 Å². The molecule has 0 aromatic heterocycles. The molecule has 0 unspecified atom stereocenters. The second-order valence-electron chi connectivity index (χ2n) is 6.78. The lowest BCUT2D eigenvalue weighted by atomic mass is 9.75. The van der Waals surface area contributed by atoms with E-state index in [2.05, 4.69) is 6.92 Å². The summed E-state index contributed by atoms with van der Waals surface area (Å²) >= 11 is 0. The lowest BCUT2D eigenvalue weighted by Gasteiger charge is -2.32. The van der Waals surface area contributed by atoms with Gasteiger partial charge in [0.2, 0.25) is 0 Å². The topological polar surface area (TPSA) is 44.8 Å². The molecule has 0 spiro atoms. The molecule has 126 valence electrons. The maximum atomic E-state index is 14.1. The fourth-order valence-corrected chi connectivity index (χ4v) is 2.37. The van der Waals surface area contributed by atoms with Crippen molar-refractivity contribution in [3.05, 3.63) is 23.5 Å². The van der Waals surface area contributed by atoms with Gasteiger partial charge in [-0.3, -0.25) is 4.79 Å². The van der Waals surface area contributed by atoms with E-state index < -0.39 is 24.1 Å². The molecule has 2 rings (SSSR count). The van der Waals surface area contributed by atoms with E-state index in [4.69, 9.17) is 14.0 Å². The van der Waals surface area contributed by atoms with Gasteiger partial charge in [-0.15, -0.1) is 0 Å². The maximum Gasteiger partial charge on any atom is 0.499 e. The van der Waals surface area contributed by atoms with Crippen LogP contribution < -0.4 is 10.2 Å². The molecule has 1 fully saturated rings. The first kappa shape index (κ1) is 18.0. The molecule has 1 aromatic carbocycles. The van der Waals surface area contributed by atoms with Gasteiger partial charge in [-0.05, 0) is 46.2 Å². The van der Waals surface area contributed by atoms with Crippen molar-refractivity contribution in [2.24, 2.45) is 0 Å². The lowest BCUT2D eigenvalue weighted by molar-refractivity contribution is 0.00578. The first-order chi connectivity index (χ1) is 10.7. The molecule has 0 radical (unpaired) electrons. The number of hydrogen-bond acceptors (Lipinski definition) is 4. The minimum Gasteiger partial charge on any atom is -0.494 e. The summed E-state index contributed by atoms with van der Waals surface area (Å²) in [6.07, 6.45) is 2.34. The van der Waals surface area contributed by atoms with Crippen LogP contribution in [0.4, 0.5) is 4.39 Å². The van der Waals surface area contributed by atoms with Gasteiger partial charge in [-0.1, -0.05) is 13.3 Å². The fourth-order valence-electron chi connectivity index (χ4n) is 2.37. The van der Waals surface area contributed by atoms with Crippen molar-refractivity contribution in [1.29, 1.82) is 0 Å². The quantitative estimate of drug-likeness (QED) is 0.459. The zero-order chi connectivity index (χ0) is 17.3. The molecule has 0 N–H and O–H groups in total. The van der Waals surface area contributed by atoms with Crippen molar-refractivity contribution in [3.63, 3.8) is 0 Å². The minimum absolute atomic E-state index is 0.0718. The number of carbonyl (C=O) groups excluding carboxylic acids is 1. The van der Waals surface area contributed by atoms with Crippen LogP contribution in [0.5, 0.6) is 5.75 Å². The number of hydrogen-bond donors (Lipinski definition) is 0. The highest BCUT2D eigenvalue weighted by Gasteiger charge is 2.53. The lowest BCUT2D eigenvalue weighted by Crippen LogP contribution is -2.41. The minimum atomic E-state index is -0.840. The zero-order valence-corrected chi connectivity index (χ0v) is 14.4. The van der Waals surface area contributed by atoms with Crippen LogP contribution in [0.1, 0.15) is 57.8 Å². The van der Waals surface area contributed by atoms with E-state index in [-0.39, 0.29) is 5.56 Å². The van der Waals surface area contributed by atoms with E-state index in [9.17, 15) is 9.18 Å². The van der Waals surface area contributed by atoms with Crippen LogP contribution in [0.25, 0.3) is 0 Å². The van der Waals surface area contributed by atoms with Crippen LogP contribution in [0.15, 0.2) is 12.1 Å². The average molecular weight is 322 g/mol. The first-order valence-electron chi connectivity index (χ1n) is 7.99. The molecule has 23 heavy (non-hydrogen) atoms. The molecule has 1 heterocycles. The molecule has 0 aliphatic carbocycles. The molecule has 4 nitrogen and oxygen atoms in total. The Hall–Kier alpha value is -1.40. The van der Waals surface area contributed by atoms with E-state index in [1.54, 1.807) is 0 Å². The third-order valence-corrected chi connectivity index (χ3v) is 4.56. The van der Waals surface area contributed by atoms with Crippen molar-refractivity contribution >= 4 is 18.9 Å². The smallest absolute Gasteiger partial charge is 0.494 e. The van der Waals surface area contributed by atoms with Gasteiger partial charge in [0.25, 0.3) is 0 Å². The summed E-state index contributed by atoms with van der Waals surface area (Å²) in [5.41, 5.74) is -0.900. The van der Waals surface area contributed by atoms with Gasteiger partial charge in [0, 0.05) is 5.46 Å². The van der Waals surface area contributed by atoms with Gasteiger partial charge < -0.3 is 14.0 Å². The van der Waals surface area contributed by atoms with Gasteiger partial charge in [0.15, 0.2) is 6.29 Å². The third-order valence-electron chi connectivity index (χ3n) is 4.56. The van der Waals surface area contributed by atoms with Crippen LogP contribution in [0.3, 0.4) is 0 Å². The summed E-state index contributed by atoms with van der Waals surface area (Å²) < 4.78 is 31.7. The van der Waals surface area contributed by atoms with E-state index >= 15 is 0 Å². The SMILES string of the molecule is CCCCOc1ccc(F)c(C=O)c1B1OC(C)(C)C(C)(C)O1. The van der Waals surface area contributed by atoms with Crippen LogP contribution in [-0.2, 0) is 9.31 Å². The van der Waals surface area contributed by atoms with Gasteiger partial charge in [0.05, 0.1) is 23.4 Å². The monoisotopic (exact) mass is 322 g/mol. The van der Waals surface area contributed by atoms with Crippen LogP contribution in [0, 0.1) is 5.82 Å². The van der Waals surface area contributed by atoms with Crippen LogP contribution in [-0.4, -0.2) is 31.2 Å². The molecule has 1 aliphatic rings. The summed E-state index contributed by atoms with van der Waals surface area (Å²) in [4.78, 5) is 11.4. The van der Waals surface area contributed by atoms with Crippen LogP contribution >= 0.6 is 0 Å². The highest BCUT2D eigenvalue weighted by molar-refractivity contribution is 6.64. The first-order valence-corrected chi connectivity index (χ1v) is 7.99. The Bertz CT molecular complexity index is 570. The van der Waals surface area contributed by atoms with E-state index in [0.29, 0.717) is 24.1 Å².